The van der Waals surface area contributed by atoms with E-state index in [0.717, 1.165) is 170 Å². The number of benzene rings is 16. The lowest BCUT2D eigenvalue weighted by atomic mass is 9.81. The second-order valence-corrected chi connectivity index (χ2v) is 32.3. The van der Waals surface area contributed by atoms with Crippen molar-refractivity contribution in [3.63, 3.8) is 0 Å². The summed E-state index contributed by atoms with van der Waals surface area (Å²) in [6.45, 7) is 9.25. The van der Waals surface area contributed by atoms with Gasteiger partial charge in [0.2, 0.25) is 0 Å². The quantitative estimate of drug-likeness (QED) is 0.158. The van der Waals surface area contributed by atoms with E-state index in [0.29, 0.717) is 45.0 Å². The van der Waals surface area contributed by atoms with Crippen LogP contribution < -0.4 is 0 Å². The molecule has 16 aromatic carbocycles. The lowest BCUT2D eigenvalue weighted by Crippen LogP contribution is -2.17. The summed E-state index contributed by atoms with van der Waals surface area (Å²) in [5.74, 6) is 0. The molecule has 0 atom stereocenters. The van der Waals surface area contributed by atoms with E-state index in [4.69, 9.17) is 0 Å². The standard InChI is InChI=1S/C106H64N10/c1-105(2)85-33-17-11-27-69(85)76-42-44-78-70-28-12-21-37-90(70)115(103(78)101(76)105)94-51-66(60-110)95(52-65(94)59-109)116-91-38-22-13-29-71(91)79-45-43-77-80-47-61(40-46-86(80)106(3,4)102(77)104(79)116)62-39-41-75-84-56-100-83(54-98(84)112(96(75)48-62)68-25-9-6-10-26-68)74-32-16-20-36-89(74)114(100)93-50-63(57-107)92(49-64(93)58-108)113-88-35-19-15-31-73(88)82-53-97-81(55-99(82)113)72-30-14-18-34-87(72)111(97)67-23-7-5-8-24-67/h5-56H,1-4H3. The van der Waals surface area contributed by atoms with Crippen molar-refractivity contribution < 1.29 is 0 Å². The third kappa shape index (κ3) is 8.53. The first-order chi connectivity index (χ1) is 56.9. The van der Waals surface area contributed by atoms with Gasteiger partial charge in [-0.1, -0.05) is 228 Å². The van der Waals surface area contributed by atoms with E-state index < -0.39 is 5.41 Å². The van der Waals surface area contributed by atoms with Crippen LogP contribution in [0.3, 0.4) is 0 Å². The topological polar surface area (TPSA) is 125 Å². The van der Waals surface area contributed by atoms with Gasteiger partial charge in [0.15, 0.2) is 0 Å². The minimum atomic E-state index is -0.511. The summed E-state index contributed by atoms with van der Waals surface area (Å²) in [6.07, 6.45) is 0. The number of aromatic nitrogens is 6. The molecule has 2 aliphatic carbocycles. The van der Waals surface area contributed by atoms with Gasteiger partial charge in [-0.2, -0.15) is 21.0 Å². The van der Waals surface area contributed by atoms with Crippen molar-refractivity contribution in [3.8, 4) is 91.8 Å². The molecule has 538 valence electrons. The van der Waals surface area contributed by atoms with Gasteiger partial charge in [-0.05, 0) is 171 Å². The van der Waals surface area contributed by atoms with Crippen molar-refractivity contribution in [2.75, 3.05) is 0 Å². The zero-order valence-corrected chi connectivity index (χ0v) is 63.5. The normalized spacial score (nSPS) is 13.3. The first kappa shape index (κ1) is 65.0. The van der Waals surface area contributed by atoms with Gasteiger partial charge in [0.05, 0.1) is 111 Å². The third-order valence-corrected chi connectivity index (χ3v) is 25.9. The molecule has 2 aliphatic rings. The first-order valence-corrected chi connectivity index (χ1v) is 39.4. The van der Waals surface area contributed by atoms with Gasteiger partial charge in [-0.25, -0.2) is 0 Å². The van der Waals surface area contributed by atoms with Crippen molar-refractivity contribution in [1.29, 1.82) is 21.0 Å². The highest BCUT2D eigenvalue weighted by atomic mass is 15.0. The molecule has 22 aromatic rings. The Morgan fingerprint density at radius 1 is 0.216 bits per heavy atom. The zero-order valence-electron chi connectivity index (χ0n) is 63.5. The van der Waals surface area contributed by atoms with Crippen LogP contribution in [0.15, 0.2) is 315 Å². The SMILES string of the molecule is CC1(C)c2ccccc2-c2ccc3c4ccccc4n(-c4cc(C#N)c(-n5c6ccccc6c6ccc7c(c65)C(C)(C)c5ccc(-c6ccc8c9cc%10c(cc9n(-c9ccccc9)c8c6)c6ccccc6n%10-c6cc(C#N)c(-n8c9ccccc9c9cc%10c(cc98)c8ccccc8n%10-c8ccccc8)cc6C#N)cc5-7)cc4C#N)c3c21. The van der Waals surface area contributed by atoms with Crippen LogP contribution in [-0.2, 0) is 10.8 Å². The Morgan fingerprint density at radius 3 is 0.957 bits per heavy atom. The predicted octanol–water partition coefficient (Wildman–Crippen LogP) is 26.0. The van der Waals surface area contributed by atoms with E-state index in [1.54, 1.807) is 0 Å². The summed E-state index contributed by atoms with van der Waals surface area (Å²) in [5, 5.41) is 59.3. The Hall–Kier alpha value is -15.7. The largest absolute Gasteiger partial charge is 0.309 e. The Balaban J connectivity index is 0.659. The molecule has 10 heteroatoms. The van der Waals surface area contributed by atoms with E-state index in [9.17, 15) is 21.0 Å². The molecular weight excluding hydrogens is 1410 g/mol. The molecule has 0 fully saturated rings. The second-order valence-electron chi connectivity index (χ2n) is 32.3. The molecule has 116 heavy (non-hydrogen) atoms. The van der Waals surface area contributed by atoms with Crippen molar-refractivity contribution in [1.82, 2.24) is 27.4 Å². The van der Waals surface area contributed by atoms with E-state index in [1.807, 2.05) is 42.5 Å². The fraction of sp³-hybridized carbons (Fsp3) is 0.0566. The lowest BCUT2D eigenvalue weighted by Gasteiger charge is -2.25. The molecular formula is C106H64N10. The molecule has 0 bridgehead atoms. The minimum absolute atomic E-state index is 0.355. The lowest BCUT2D eigenvalue weighted by molar-refractivity contribution is 0.663. The maximum Gasteiger partial charge on any atom is 0.101 e. The molecule has 0 spiro atoms. The number of rotatable bonds is 7. The Morgan fingerprint density at radius 2 is 0.517 bits per heavy atom. The number of nitrogens with zero attached hydrogens (tertiary/aromatic N) is 10. The Labute approximate surface area is 665 Å². The molecule has 0 aliphatic heterocycles. The Bertz CT molecular complexity index is 8440. The van der Waals surface area contributed by atoms with Crippen LogP contribution in [0.4, 0.5) is 0 Å². The highest BCUT2D eigenvalue weighted by Gasteiger charge is 2.42. The summed E-state index contributed by atoms with van der Waals surface area (Å²) in [5.41, 5.74) is 29.1. The van der Waals surface area contributed by atoms with Gasteiger partial charge in [-0.3, -0.25) is 0 Å². The highest BCUT2D eigenvalue weighted by Crippen LogP contribution is 2.57. The number of para-hydroxylation sites is 7. The number of fused-ring (bicyclic) bond motifs is 26. The molecule has 0 N–H and O–H groups in total. The van der Waals surface area contributed by atoms with Crippen molar-refractivity contribution in [2.24, 2.45) is 0 Å². The van der Waals surface area contributed by atoms with Crippen LogP contribution in [0.2, 0.25) is 0 Å². The number of nitriles is 4. The summed E-state index contributed by atoms with van der Waals surface area (Å²) >= 11 is 0. The minimum Gasteiger partial charge on any atom is -0.309 e. The summed E-state index contributed by atoms with van der Waals surface area (Å²) < 4.78 is 13.6. The number of hydrogen-bond donors (Lipinski definition) is 0. The molecule has 0 unspecified atom stereocenters. The molecule has 24 rings (SSSR count). The second kappa shape index (κ2) is 23.4. The van der Waals surface area contributed by atoms with Gasteiger partial charge in [-0.15, -0.1) is 0 Å². The first-order valence-electron chi connectivity index (χ1n) is 39.4. The summed E-state index contributed by atoms with van der Waals surface area (Å²) in [7, 11) is 0. The van der Waals surface area contributed by atoms with E-state index >= 15 is 0 Å². The zero-order chi connectivity index (χ0) is 77.5. The van der Waals surface area contributed by atoms with Gasteiger partial charge < -0.3 is 27.4 Å². The molecule has 6 heterocycles. The van der Waals surface area contributed by atoms with Crippen LogP contribution in [-0.4, -0.2) is 27.4 Å². The van der Waals surface area contributed by atoms with Crippen LogP contribution >= 0.6 is 0 Å². The van der Waals surface area contributed by atoms with Gasteiger partial charge in [0.25, 0.3) is 0 Å². The molecule has 0 saturated heterocycles. The molecule has 6 aromatic heterocycles. The van der Waals surface area contributed by atoms with Crippen LogP contribution in [0, 0.1) is 45.3 Å². The maximum absolute atomic E-state index is 11.7. The van der Waals surface area contributed by atoms with Gasteiger partial charge in [0, 0.05) is 86.8 Å². The van der Waals surface area contributed by atoms with Crippen molar-refractivity contribution in [2.45, 2.75) is 38.5 Å². The Kier molecular flexibility index (Phi) is 13.1. The van der Waals surface area contributed by atoms with E-state index in [-0.39, 0.29) is 5.41 Å². The molecule has 0 saturated carbocycles. The average molecular weight is 1480 g/mol. The fourth-order valence-corrected chi connectivity index (χ4v) is 20.9. The van der Waals surface area contributed by atoms with Crippen LogP contribution in [0.1, 0.15) is 72.2 Å². The fourth-order valence-electron chi connectivity index (χ4n) is 20.9. The average Bonchev–Trinajstić information content (AvgIpc) is 1.53. The smallest absolute Gasteiger partial charge is 0.101 e. The maximum atomic E-state index is 11.7. The summed E-state index contributed by atoms with van der Waals surface area (Å²) in [4.78, 5) is 0. The van der Waals surface area contributed by atoms with Crippen molar-refractivity contribution >= 4 is 131 Å². The van der Waals surface area contributed by atoms with E-state index in [2.05, 4.69) is 352 Å². The monoisotopic (exact) mass is 1480 g/mol. The highest BCUT2D eigenvalue weighted by molar-refractivity contribution is 6.22. The number of hydrogen-bond acceptors (Lipinski definition) is 4. The van der Waals surface area contributed by atoms with E-state index in [1.165, 1.54) is 27.8 Å². The molecule has 10 nitrogen and oxygen atoms in total. The van der Waals surface area contributed by atoms with Crippen LogP contribution in [0.25, 0.3) is 198 Å². The van der Waals surface area contributed by atoms with Gasteiger partial charge in [0.1, 0.15) is 24.3 Å². The molecule has 0 radical (unpaired) electrons. The molecule has 0 amide bonds. The predicted molar refractivity (Wildman–Crippen MR) is 472 cm³/mol. The van der Waals surface area contributed by atoms with Crippen LogP contribution in [0.5, 0.6) is 0 Å². The third-order valence-electron chi connectivity index (χ3n) is 25.9. The summed E-state index contributed by atoms with van der Waals surface area (Å²) in [6, 6.07) is 122. The van der Waals surface area contributed by atoms with Gasteiger partial charge >= 0.3 is 0 Å². The van der Waals surface area contributed by atoms with Crippen molar-refractivity contribution in [3.05, 3.63) is 360 Å².